The van der Waals surface area contributed by atoms with Crippen molar-refractivity contribution < 1.29 is 19.2 Å². The lowest BCUT2D eigenvalue weighted by Gasteiger charge is -2.59. The normalized spacial score (nSPS) is 24.6. The molecule has 5 unspecified atom stereocenters. The van der Waals surface area contributed by atoms with E-state index >= 15 is 0 Å². The summed E-state index contributed by atoms with van der Waals surface area (Å²) in [6.07, 6.45) is 19.5. The summed E-state index contributed by atoms with van der Waals surface area (Å²) in [5.41, 5.74) is 0.450. The summed E-state index contributed by atoms with van der Waals surface area (Å²) >= 11 is 0. The van der Waals surface area contributed by atoms with E-state index in [1.54, 1.807) is 0 Å². The van der Waals surface area contributed by atoms with Gasteiger partial charge in [0.05, 0.1) is 0 Å². The molecule has 5 atom stereocenters. The maximum atomic E-state index is 12.9. The van der Waals surface area contributed by atoms with Crippen LogP contribution in [0.15, 0.2) is 30.3 Å². The number of alkyl carbamates (subject to hydrolysis) is 1. The third-order valence-corrected chi connectivity index (χ3v) is 10.4. The van der Waals surface area contributed by atoms with Crippen molar-refractivity contribution in [2.24, 2.45) is 5.92 Å². The average Bonchev–Trinajstić information content (AvgIpc) is 3.02. The molecule has 0 radical (unpaired) electrons. The number of nitrogens with zero attached hydrogens (tertiary/aromatic N) is 1. The molecule has 1 aliphatic rings. The number of carbonyl (C=O) groups excluding carboxylic acids is 2. The maximum absolute atomic E-state index is 12.9. The molecule has 6 nitrogen and oxygen atoms in total. The first-order chi connectivity index (χ1) is 21.1. The second kappa shape index (κ2) is 20.3. The summed E-state index contributed by atoms with van der Waals surface area (Å²) in [4.78, 5) is 32.1. The Hall–Kier alpha value is -1.92. The highest BCUT2D eigenvalue weighted by atomic mass is 16.7. The summed E-state index contributed by atoms with van der Waals surface area (Å²) in [5.74, 6) is -0.225. The quantitative estimate of drug-likeness (QED) is 0.140. The van der Waals surface area contributed by atoms with Crippen molar-refractivity contribution in [1.82, 2.24) is 10.4 Å². The number of benzene rings is 1. The SMILES string of the molecule is CCCCCCCCCCCCCCCCC(=O)NC(=O)OC1CC(C)(CC)N(OC(C)c2ccccc2)C(C)(CC)C1C. The second-order valence-corrected chi connectivity index (χ2v) is 13.8. The third kappa shape index (κ3) is 12.1. The van der Waals surface area contributed by atoms with E-state index in [-0.39, 0.29) is 35.1 Å². The number of ether oxygens (including phenoxy) is 1. The highest BCUT2D eigenvalue weighted by Gasteiger charge is 2.55. The predicted octanol–water partition coefficient (Wildman–Crippen LogP) is 10.9. The number of rotatable bonds is 21. The van der Waals surface area contributed by atoms with Crippen LogP contribution in [0, 0.1) is 5.92 Å². The molecule has 1 fully saturated rings. The molecule has 0 spiro atoms. The van der Waals surface area contributed by atoms with E-state index in [1.807, 2.05) is 18.2 Å². The fourth-order valence-corrected chi connectivity index (χ4v) is 6.81. The maximum Gasteiger partial charge on any atom is 0.414 e. The number of hydrogen-bond acceptors (Lipinski definition) is 5. The van der Waals surface area contributed by atoms with Gasteiger partial charge in [-0.15, -0.1) is 0 Å². The van der Waals surface area contributed by atoms with Crippen molar-refractivity contribution in [3.05, 3.63) is 35.9 Å². The lowest BCUT2D eigenvalue weighted by molar-refractivity contribution is -0.335. The molecule has 2 rings (SSSR count). The van der Waals surface area contributed by atoms with Crippen molar-refractivity contribution in [1.29, 1.82) is 0 Å². The Morgan fingerprint density at radius 3 is 1.86 bits per heavy atom. The van der Waals surface area contributed by atoms with Gasteiger partial charge in [-0.25, -0.2) is 4.79 Å². The Balaban J connectivity index is 1.73. The third-order valence-electron chi connectivity index (χ3n) is 10.4. The van der Waals surface area contributed by atoms with Gasteiger partial charge in [0.15, 0.2) is 0 Å². The van der Waals surface area contributed by atoms with Crippen molar-refractivity contribution in [3.8, 4) is 0 Å². The molecule has 1 heterocycles. The average molecular weight is 615 g/mol. The highest BCUT2D eigenvalue weighted by molar-refractivity contribution is 5.91. The predicted molar refractivity (Wildman–Crippen MR) is 182 cm³/mol. The minimum absolute atomic E-state index is 0.0155. The zero-order valence-corrected chi connectivity index (χ0v) is 29.4. The minimum atomic E-state index is -0.624. The van der Waals surface area contributed by atoms with Gasteiger partial charge in [0.2, 0.25) is 5.91 Å². The molecular formula is C38H66N2O4. The van der Waals surface area contributed by atoms with Crippen molar-refractivity contribution >= 4 is 12.0 Å². The number of imide groups is 1. The summed E-state index contributed by atoms with van der Waals surface area (Å²) in [5, 5.41) is 4.70. The van der Waals surface area contributed by atoms with Crippen LogP contribution >= 0.6 is 0 Å². The van der Waals surface area contributed by atoms with Crippen LogP contribution in [-0.2, 0) is 14.4 Å². The molecule has 0 bridgehead atoms. The molecule has 1 aromatic rings. The van der Waals surface area contributed by atoms with Crippen LogP contribution < -0.4 is 5.32 Å². The Morgan fingerprint density at radius 2 is 1.36 bits per heavy atom. The largest absolute Gasteiger partial charge is 0.446 e. The lowest BCUT2D eigenvalue weighted by Crippen LogP contribution is -2.68. The monoisotopic (exact) mass is 615 g/mol. The van der Waals surface area contributed by atoms with Crippen LogP contribution in [0.25, 0.3) is 0 Å². The van der Waals surface area contributed by atoms with E-state index < -0.39 is 6.09 Å². The van der Waals surface area contributed by atoms with Crippen molar-refractivity contribution in [2.75, 3.05) is 0 Å². The Bertz CT molecular complexity index is 940. The van der Waals surface area contributed by atoms with Gasteiger partial charge < -0.3 is 4.74 Å². The lowest BCUT2D eigenvalue weighted by atomic mass is 9.69. The molecule has 1 N–H and O–H groups in total. The number of unbranched alkanes of at least 4 members (excludes halogenated alkanes) is 13. The first-order valence-corrected chi connectivity index (χ1v) is 18.1. The van der Waals surface area contributed by atoms with Crippen LogP contribution in [0.2, 0.25) is 0 Å². The summed E-state index contributed by atoms with van der Waals surface area (Å²) in [6, 6.07) is 10.3. The number of hydrogen-bond donors (Lipinski definition) is 1. The van der Waals surface area contributed by atoms with E-state index in [2.05, 4.69) is 71.0 Å². The highest BCUT2D eigenvalue weighted by Crippen LogP contribution is 2.48. The fourth-order valence-electron chi connectivity index (χ4n) is 6.81. The number of hydroxylamine groups is 2. The summed E-state index contributed by atoms with van der Waals surface area (Å²) in [6.45, 7) is 15.2. The van der Waals surface area contributed by atoms with E-state index in [4.69, 9.17) is 9.57 Å². The van der Waals surface area contributed by atoms with Crippen molar-refractivity contribution in [2.45, 2.75) is 187 Å². The Labute approximate surface area is 270 Å². The first kappa shape index (κ1) is 38.3. The van der Waals surface area contributed by atoms with E-state index in [0.717, 1.165) is 37.7 Å². The van der Waals surface area contributed by atoms with Gasteiger partial charge in [0, 0.05) is 29.8 Å². The molecule has 2 amide bonds. The smallest absolute Gasteiger partial charge is 0.414 e. The van der Waals surface area contributed by atoms with Crippen LogP contribution in [0.5, 0.6) is 0 Å². The first-order valence-electron chi connectivity index (χ1n) is 18.1. The molecule has 1 saturated heterocycles. The van der Waals surface area contributed by atoms with Gasteiger partial charge in [-0.1, -0.05) is 141 Å². The fraction of sp³-hybridized carbons (Fsp3) is 0.789. The van der Waals surface area contributed by atoms with Gasteiger partial charge in [-0.2, -0.15) is 5.06 Å². The van der Waals surface area contributed by atoms with Crippen LogP contribution in [0.3, 0.4) is 0 Å². The summed E-state index contributed by atoms with van der Waals surface area (Å²) < 4.78 is 5.98. The molecular weight excluding hydrogens is 548 g/mol. The molecule has 6 heteroatoms. The molecule has 0 aliphatic carbocycles. The van der Waals surface area contributed by atoms with Crippen LogP contribution in [0.4, 0.5) is 4.79 Å². The Kier molecular flexibility index (Phi) is 17.6. The molecule has 1 aliphatic heterocycles. The van der Waals surface area contributed by atoms with E-state index in [0.29, 0.717) is 12.8 Å². The molecule has 0 aromatic heterocycles. The number of piperidine rings is 1. The summed E-state index contributed by atoms with van der Waals surface area (Å²) in [7, 11) is 0. The zero-order chi connectivity index (χ0) is 32.4. The van der Waals surface area contributed by atoms with Crippen LogP contribution in [0.1, 0.15) is 176 Å². The van der Waals surface area contributed by atoms with Gasteiger partial charge in [-0.3, -0.25) is 14.9 Å². The minimum Gasteiger partial charge on any atom is -0.446 e. The second-order valence-electron chi connectivity index (χ2n) is 13.8. The Morgan fingerprint density at radius 1 is 0.841 bits per heavy atom. The van der Waals surface area contributed by atoms with E-state index in [1.165, 1.54) is 70.6 Å². The standard InChI is InChI=1S/C38H66N2O4/c1-8-11-12-13-14-15-16-17-18-19-20-21-22-26-29-35(41)39-36(42)43-34-30-37(6,9-2)40(38(7,10-3)31(34)4)44-32(5)33-27-24-23-25-28-33/h23-25,27-28,31-32,34H,8-22,26,29-30H2,1-7H3,(H,39,41,42). The topological polar surface area (TPSA) is 67.9 Å². The molecule has 1 aromatic carbocycles. The van der Waals surface area contributed by atoms with Gasteiger partial charge in [-0.05, 0) is 45.6 Å². The molecule has 252 valence electrons. The number of carbonyl (C=O) groups is 2. The van der Waals surface area contributed by atoms with Gasteiger partial charge in [0.1, 0.15) is 12.2 Å². The molecule has 44 heavy (non-hydrogen) atoms. The van der Waals surface area contributed by atoms with Gasteiger partial charge in [0.25, 0.3) is 0 Å². The van der Waals surface area contributed by atoms with Crippen LogP contribution in [-0.4, -0.2) is 34.2 Å². The van der Waals surface area contributed by atoms with Crippen molar-refractivity contribution in [3.63, 3.8) is 0 Å². The number of amides is 2. The van der Waals surface area contributed by atoms with Gasteiger partial charge >= 0.3 is 6.09 Å². The molecule has 0 saturated carbocycles. The number of nitrogens with one attached hydrogen (secondary N) is 1. The zero-order valence-electron chi connectivity index (χ0n) is 29.4. The van der Waals surface area contributed by atoms with E-state index in [9.17, 15) is 9.59 Å².